The summed E-state index contributed by atoms with van der Waals surface area (Å²) in [7, 11) is 0. The Morgan fingerprint density at radius 2 is 2.14 bits per heavy atom. The molecule has 0 saturated heterocycles. The van der Waals surface area contributed by atoms with Crippen LogP contribution in [0.25, 0.3) is 0 Å². The van der Waals surface area contributed by atoms with Crippen molar-refractivity contribution >= 4 is 5.97 Å². The highest BCUT2D eigenvalue weighted by Crippen LogP contribution is 2.18. The molecule has 0 amide bonds. The predicted molar refractivity (Wildman–Crippen MR) is 49.0 cm³/mol. The number of carbonyl (C=O) groups excluding carboxylic acids is 1. The van der Waals surface area contributed by atoms with Gasteiger partial charge in [0.25, 0.3) is 0 Å². The van der Waals surface area contributed by atoms with Crippen LogP contribution >= 0.6 is 0 Å². The molecule has 78 valence electrons. The van der Waals surface area contributed by atoms with Crippen molar-refractivity contribution in [3.05, 3.63) is 11.7 Å². The van der Waals surface area contributed by atoms with Crippen LogP contribution in [0.2, 0.25) is 0 Å². The van der Waals surface area contributed by atoms with Gasteiger partial charge in [0.05, 0.1) is 6.61 Å². The third-order valence-corrected chi connectivity index (χ3v) is 1.55. The van der Waals surface area contributed by atoms with Crippen molar-refractivity contribution in [3.8, 4) is 0 Å². The van der Waals surface area contributed by atoms with Crippen LogP contribution in [0.3, 0.4) is 0 Å². The van der Waals surface area contributed by atoms with Gasteiger partial charge in [-0.15, -0.1) is 0 Å². The average Bonchev–Trinajstić information content (AvgIpc) is 2.51. The second kappa shape index (κ2) is 3.77. The average molecular weight is 198 g/mol. The fourth-order valence-corrected chi connectivity index (χ4v) is 0.804. The number of rotatable bonds is 2. The predicted octanol–water partition coefficient (Wildman–Crippen LogP) is 1.54. The summed E-state index contributed by atoms with van der Waals surface area (Å²) in [6, 6.07) is 0. The molecule has 1 aromatic rings. The Balaban J connectivity index is 2.83. The summed E-state index contributed by atoms with van der Waals surface area (Å²) in [5.41, 5.74) is -0.228. The Hall–Kier alpha value is -1.39. The van der Waals surface area contributed by atoms with Crippen LogP contribution in [0, 0.1) is 0 Å². The summed E-state index contributed by atoms with van der Waals surface area (Å²) in [4.78, 5) is 15.1. The molecule has 1 rings (SSSR count). The zero-order chi connectivity index (χ0) is 10.8. The summed E-state index contributed by atoms with van der Waals surface area (Å²) >= 11 is 0. The van der Waals surface area contributed by atoms with Crippen LogP contribution in [0.5, 0.6) is 0 Å². The van der Waals surface area contributed by atoms with Crippen molar-refractivity contribution in [1.29, 1.82) is 0 Å². The molecule has 0 fully saturated rings. The minimum absolute atomic E-state index is 0.0863. The lowest BCUT2D eigenvalue weighted by Crippen LogP contribution is -2.14. The van der Waals surface area contributed by atoms with E-state index in [1.165, 1.54) is 0 Å². The number of ether oxygens (including phenoxy) is 1. The van der Waals surface area contributed by atoms with Gasteiger partial charge in [0.15, 0.2) is 5.82 Å². The van der Waals surface area contributed by atoms with Crippen LogP contribution in [0.15, 0.2) is 4.52 Å². The lowest BCUT2D eigenvalue weighted by molar-refractivity contribution is 0.0470. The van der Waals surface area contributed by atoms with Gasteiger partial charge >= 0.3 is 11.9 Å². The molecule has 0 aliphatic rings. The molecule has 0 aliphatic carbocycles. The van der Waals surface area contributed by atoms with E-state index < -0.39 is 5.97 Å². The van der Waals surface area contributed by atoms with Crippen molar-refractivity contribution in [3.63, 3.8) is 0 Å². The Morgan fingerprint density at radius 3 is 2.57 bits per heavy atom. The highest BCUT2D eigenvalue weighted by Gasteiger charge is 2.24. The van der Waals surface area contributed by atoms with Gasteiger partial charge in [0.1, 0.15) is 0 Å². The summed E-state index contributed by atoms with van der Waals surface area (Å²) in [6.45, 7) is 7.83. The Kier molecular flexibility index (Phi) is 2.88. The molecule has 0 atom stereocenters. The van der Waals surface area contributed by atoms with Crippen LogP contribution < -0.4 is 0 Å². The maximum absolute atomic E-state index is 11.2. The highest BCUT2D eigenvalue weighted by molar-refractivity contribution is 5.83. The minimum Gasteiger partial charge on any atom is -0.459 e. The zero-order valence-electron chi connectivity index (χ0n) is 8.83. The molecule has 0 aliphatic heterocycles. The van der Waals surface area contributed by atoms with E-state index in [0.717, 1.165) is 0 Å². The molecule has 5 nitrogen and oxygen atoms in total. The smallest absolute Gasteiger partial charge is 0.397 e. The molecule has 1 heterocycles. The molecular formula is C9H14N2O3. The van der Waals surface area contributed by atoms with E-state index in [4.69, 9.17) is 9.26 Å². The monoisotopic (exact) mass is 198 g/mol. The molecule has 0 N–H and O–H groups in total. The molecule has 5 heteroatoms. The fourth-order valence-electron chi connectivity index (χ4n) is 0.804. The van der Waals surface area contributed by atoms with E-state index in [2.05, 4.69) is 10.1 Å². The molecular weight excluding hydrogens is 184 g/mol. The van der Waals surface area contributed by atoms with Crippen molar-refractivity contribution < 1.29 is 14.1 Å². The van der Waals surface area contributed by atoms with Gasteiger partial charge in [0, 0.05) is 5.41 Å². The standard InChI is InChI=1S/C9H14N2O3/c1-5-13-7(12)6-10-8(11-14-6)9(2,3)4/h5H2,1-4H3. The second-order valence-electron chi connectivity index (χ2n) is 3.89. The molecule has 14 heavy (non-hydrogen) atoms. The minimum atomic E-state index is -0.574. The summed E-state index contributed by atoms with van der Waals surface area (Å²) in [5.74, 6) is -0.159. The van der Waals surface area contributed by atoms with Crippen molar-refractivity contribution in [1.82, 2.24) is 10.1 Å². The molecule has 0 unspecified atom stereocenters. The molecule has 1 aromatic heterocycles. The first-order chi connectivity index (χ1) is 6.45. The SMILES string of the molecule is CCOC(=O)c1nc(C(C)(C)C)no1. The van der Waals surface area contributed by atoms with E-state index in [9.17, 15) is 4.79 Å². The maximum Gasteiger partial charge on any atom is 0.397 e. The van der Waals surface area contributed by atoms with E-state index in [0.29, 0.717) is 12.4 Å². The van der Waals surface area contributed by atoms with Crippen molar-refractivity contribution in [2.24, 2.45) is 0 Å². The summed E-state index contributed by atoms with van der Waals surface area (Å²) < 4.78 is 9.49. The van der Waals surface area contributed by atoms with Gasteiger partial charge < -0.3 is 9.26 Å². The second-order valence-corrected chi connectivity index (χ2v) is 3.89. The van der Waals surface area contributed by atoms with E-state index in [-0.39, 0.29) is 11.3 Å². The van der Waals surface area contributed by atoms with Crippen LogP contribution in [-0.2, 0) is 10.2 Å². The number of esters is 1. The van der Waals surface area contributed by atoms with Crippen molar-refractivity contribution in [2.75, 3.05) is 6.61 Å². The van der Waals surface area contributed by atoms with Gasteiger partial charge in [-0.25, -0.2) is 4.79 Å². The lowest BCUT2D eigenvalue weighted by atomic mass is 9.96. The molecule has 0 spiro atoms. The third kappa shape index (κ3) is 2.31. The Morgan fingerprint density at radius 1 is 1.50 bits per heavy atom. The van der Waals surface area contributed by atoms with Crippen LogP contribution in [-0.4, -0.2) is 22.7 Å². The van der Waals surface area contributed by atoms with Gasteiger partial charge in [-0.3, -0.25) is 0 Å². The summed E-state index contributed by atoms with van der Waals surface area (Å²) in [6.07, 6.45) is 0. The van der Waals surface area contributed by atoms with E-state index >= 15 is 0 Å². The normalized spacial score (nSPS) is 11.4. The third-order valence-electron chi connectivity index (χ3n) is 1.55. The summed E-state index contributed by atoms with van der Waals surface area (Å²) in [5, 5.41) is 3.70. The molecule has 0 bridgehead atoms. The quantitative estimate of drug-likeness (QED) is 0.674. The topological polar surface area (TPSA) is 65.2 Å². The first kappa shape index (κ1) is 10.7. The number of carbonyl (C=O) groups is 1. The number of hydrogen-bond acceptors (Lipinski definition) is 5. The van der Waals surface area contributed by atoms with E-state index in [1.54, 1.807) is 6.92 Å². The Labute approximate surface area is 82.4 Å². The van der Waals surface area contributed by atoms with Crippen molar-refractivity contribution in [2.45, 2.75) is 33.1 Å². The first-order valence-corrected chi connectivity index (χ1v) is 4.46. The number of nitrogens with zero attached hydrogens (tertiary/aromatic N) is 2. The van der Waals surface area contributed by atoms with Gasteiger partial charge in [-0.2, -0.15) is 4.98 Å². The maximum atomic E-state index is 11.2. The van der Waals surface area contributed by atoms with Gasteiger partial charge in [-0.1, -0.05) is 25.9 Å². The number of hydrogen-bond donors (Lipinski definition) is 0. The zero-order valence-corrected chi connectivity index (χ0v) is 8.83. The van der Waals surface area contributed by atoms with Gasteiger partial charge in [-0.05, 0) is 6.92 Å². The van der Waals surface area contributed by atoms with E-state index in [1.807, 2.05) is 20.8 Å². The fraction of sp³-hybridized carbons (Fsp3) is 0.667. The van der Waals surface area contributed by atoms with Crippen LogP contribution in [0.1, 0.15) is 44.2 Å². The highest BCUT2D eigenvalue weighted by atomic mass is 16.6. The Bertz CT molecular complexity index is 325. The van der Waals surface area contributed by atoms with Crippen LogP contribution in [0.4, 0.5) is 0 Å². The molecule has 0 radical (unpaired) electrons. The number of aromatic nitrogens is 2. The first-order valence-electron chi connectivity index (χ1n) is 4.46. The van der Waals surface area contributed by atoms with Gasteiger partial charge in [0.2, 0.25) is 0 Å². The molecule has 0 aromatic carbocycles. The largest absolute Gasteiger partial charge is 0.459 e. The molecule has 0 saturated carbocycles. The lowest BCUT2D eigenvalue weighted by Gasteiger charge is -2.10.